The summed E-state index contributed by atoms with van der Waals surface area (Å²) < 4.78 is 8.09. The minimum atomic E-state index is 0.108. The lowest BCUT2D eigenvalue weighted by Crippen LogP contribution is -2.40. The van der Waals surface area contributed by atoms with E-state index < -0.39 is 0 Å². The second-order valence-corrected chi connectivity index (χ2v) is 9.96. The van der Waals surface area contributed by atoms with Gasteiger partial charge in [0.1, 0.15) is 24.7 Å². The number of imidazole rings is 1. The molecule has 0 atom stereocenters. The molecule has 1 amide bonds. The molecule has 1 aliphatic rings. The van der Waals surface area contributed by atoms with Gasteiger partial charge in [0.25, 0.3) is 0 Å². The van der Waals surface area contributed by atoms with E-state index in [-0.39, 0.29) is 17.9 Å². The molecular formula is C27H35N3O2. The van der Waals surface area contributed by atoms with E-state index in [4.69, 9.17) is 9.72 Å². The van der Waals surface area contributed by atoms with Crippen LogP contribution in [0.1, 0.15) is 64.3 Å². The Morgan fingerprint density at radius 2 is 1.75 bits per heavy atom. The Kier molecular flexibility index (Phi) is 6.54. The van der Waals surface area contributed by atoms with Gasteiger partial charge in [-0.3, -0.25) is 4.79 Å². The lowest BCUT2D eigenvalue weighted by Gasteiger charge is -2.31. The van der Waals surface area contributed by atoms with Gasteiger partial charge in [-0.05, 0) is 48.1 Å². The molecule has 0 radical (unpaired) electrons. The van der Waals surface area contributed by atoms with Crippen LogP contribution in [0.5, 0.6) is 5.75 Å². The molecule has 170 valence electrons. The third kappa shape index (κ3) is 4.98. The molecule has 1 heterocycles. The van der Waals surface area contributed by atoms with Crippen molar-refractivity contribution in [2.24, 2.45) is 0 Å². The third-order valence-corrected chi connectivity index (χ3v) is 6.63. The van der Waals surface area contributed by atoms with Crippen molar-refractivity contribution in [3.8, 4) is 5.75 Å². The molecule has 1 fully saturated rings. The van der Waals surface area contributed by atoms with Crippen LogP contribution in [0.4, 0.5) is 0 Å². The highest BCUT2D eigenvalue weighted by molar-refractivity contribution is 5.81. The number of ether oxygens (including phenoxy) is 1. The number of rotatable bonds is 6. The Labute approximate surface area is 191 Å². The molecular weight excluding hydrogens is 398 g/mol. The second kappa shape index (κ2) is 9.35. The van der Waals surface area contributed by atoms with E-state index in [1.807, 2.05) is 52.9 Å². The predicted molar refractivity (Wildman–Crippen MR) is 129 cm³/mol. The number of hydrogen-bond acceptors (Lipinski definition) is 3. The van der Waals surface area contributed by atoms with Gasteiger partial charge in [-0.25, -0.2) is 4.98 Å². The summed E-state index contributed by atoms with van der Waals surface area (Å²) in [6.07, 6.45) is 5.91. The average molecular weight is 434 g/mol. The van der Waals surface area contributed by atoms with E-state index in [0.29, 0.717) is 12.6 Å². The first-order valence-corrected chi connectivity index (χ1v) is 11.8. The van der Waals surface area contributed by atoms with Crippen LogP contribution in [-0.4, -0.2) is 33.4 Å². The number of likely N-dealkylation sites (N-methyl/N-ethyl adjacent to an activating group) is 1. The molecule has 0 bridgehead atoms. The van der Waals surface area contributed by atoms with E-state index >= 15 is 0 Å². The largest absolute Gasteiger partial charge is 0.486 e. The molecule has 0 N–H and O–H groups in total. The molecule has 1 aliphatic carbocycles. The normalized spacial score (nSPS) is 15.1. The van der Waals surface area contributed by atoms with Crippen LogP contribution in [-0.2, 0) is 23.4 Å². The monoisotopic (exact) mass is 433 g/mol. The van der Waals surface area contributed by atoms with Gasteiger partial charge in [0.2, 0.25) is 5.91 Å². The molecule has 4 rings (SSSR count). The van der Waals surface area contributed by atoms with Gasteiger partial charge in [0.15, 0.2) is 0 Å². The fourth-order valence-electron chi connectivity index (χ4n) is 4.53. The Hall–Kier alpha value is -2.82. The number of amides is 1. The number of nitrogens with zero attached hydrogens (tertiary/aromatic N) is 3. The highest BCUT2D eigenvalue weighted by Gasteiger charge is 2.23. The summed E-state index contributed by atoms with van der Waals surface area (Å²) in [5.41, 5.74) is 3.24. The molecule has 5 heteroatoms. The lowest BCUT2D eigenvalue weighted by atomic mass is 9.87. The SMILES string of the molecule is CN(C(=O)Cn1c(COc2ccc(C(C)(C)C)cc2)nc2ccccc21)C1CCCCC1. The Morgan fingerprint density at radius 3 is 2.44 bits per heavy atom. The number of benzene rings is 2. The van der Waals surface area contributed by atoms with E-state index in [9.17, 15) is 4.79 Å². The van der Waals surface area contributed by atoms with Gasteiger partial charge in [-0.1, -0.05) is 64.3 Å². The summed E-state index contributed by atoms with van der Waals surface area (Å²) in [4.78, 5) is 19.9. The Morgan fingerprint density at radius 1 is 1.06 bits per heavy atom. The lowest BCUT2D eigenvalue weighted by molar-refractivity contribution is -0.133. The van der Waals surface area contributed by atoms with Crippen molar-refractivity contribution in [1.82, 2.24) is 14.5 Å². The molecule has 0 saturated heterocycles. The summed E-state index contributed by atoms with van der Waals surface area (Å²) in [6.45, 7) is 7.21. The molecule has 5 nitrogen and oxygen atoms in total. The van der Waals surface area contributed by atoms with Crippen LogP contribution in [0.3, 0.4) is 0 Å². The maximum Gasteiger partial charge on any atom is 0.242 e. The van der Waals surface area contributed by atoms with Crippen molar-refractivity contribution in [3.05, 3.63) is 59.9 Å². The van der Waals surface area contributed by atoms with Crippen LogP contribution < -0.4 is 4.74 Å². The number of carbonyl (C=O) groups is 1. The third-order valence-electron chi connectivity index (χ3n) is 6.63. The molecule has 1 aromatic heterocycles. The first kappa shape index (κ1) is 22.4. The van der Waals surface area contributed by atoms with Crippen molar-refractivity contribution in [2.75, 3.05) is 7.05 Å². The number of hydrogen-bond donors (Lipinski definition) is 0. The van der Waals surface area contributed by atoms with E-state index in [1.165, 1.54) is 24.8 Å². The minimum absolute atomic E-state index is 0.108. The summed E-state index contributed by atoms with van der Waals surface area (Å²) in [6, 6.07) is 16.6. The van der Waals surface area contributed by atoms with Gasteiger partial charge in [-0.2, -0.15) is 0 Å². The zero-order chi connectivity index (χ0) is 22.7. The van der Waals surface area contributed by atoms with Crippen molar-refractivity contribution in [3.63, 3.8) is 0 Å². The number of fused-ring (bicyclic) bond motifs is 1. The highest BCUT2D eigenvalue weighted by atomic mass is 16.5. The van der Waals surface area contributed by atoms with E-state index in [2.05, 4.69) is 32.9 Å². The van der Waals surface area contributed by atoms with Crippen molar-refractivity contribution in [1.29, 1.82) is 0 Å². The second-order valence-electron chi connectivity index (χ2n) is 9.96. The topological polar surface area (TPSA) is 47.4 Å². The summed E-state index contributed by atoms with van der Waals surface area (Å²) >= 11 is 0. The van der Waals surface area contributed by atoms with Crippen LogP contribution in [0.15, 0.2) is 48.5 Å². The quantitative estimate of drug-likeness (QED) is 0.501. The van der Waals surface area contributed by atoms with Gasteiger partial charge >= 0.3 is 0 Å². The van der Waals surface area contributed by atoms with Crippen LogP contribution in [0, 0.1) is 0 Å². The minimum Gasteiger partial charge on any atom is -0.486 e. The van der Waals surface area contributed by atoms with E-state index in [0.717, 1.165) is 35.4 Å². The van der Waals surface area contributed by atoms with E-state index in [1.54, 1.807) is 0 Å². The number of aromatic nitrogens is 2. The average Bonchev–Trinajstić information content (AvgIpc) is 3.14. The molecule has 0 aliphatic heterocycles. The highest BCUT2D eigenvalue weighted by Crippen LogP contribution is 2.26. The van der Waals surface area contributed by atoms with Crippen LogP contribution in [0.2, 0.25) is 0 Å². The molecule has 2 aromatic carbocycles. The summed E-state index contributed by atoms with van der Waals surface area (Å²) in [5.74, 6) is 1.72. The predicted octanol–water partition coefficient (Wildman–Crippen LogP) is 5.70. The Balaban J connectivity index is 1.51. The molecule has 0 spiro atoms. The fraction of sp³-hybridized carbons (Fsp3) is 0.481. The van der Waals surface area contributed by atoms with Gasteiger partial charge < -0.3 is 14.2 Å². The number of carbonyl (C=O) groups excluding carboxylic acids is 1. The first-order chi connectivity index (χ1) is 15.3. The van der Waals surface area contributed by atoms with Gasteiger partial charge in [0.05, 0.1) is 11.0 Å². The maximum absolute atomic E-state index is 13.1. The summed E-state index contributed by atoms with van der Waals surface area (Å²) in [5, 5.41) is 0. The zero-order valence-corrected chi connectivity index (χ0v) is 19.8. The number of para-hydroxylation sites is 2. The molecule has 32 heavy (non-hydrogen) atoms. The van der Waals surface area contributed by atoms with Gasteiger partial charge in [-0.15, -0.1) is 0 Å². The van der Waals surface area contributed by atoms with Crippen molar-refractivity contribution >= 4 is 16.9 Å². The molecule has 1 saturated carbocycles. The molecule has 3 aromatic rings. The van der Waals surface area contributed by atoms with Crippen LogP contribution >= 0.6 is 0 Å². The fourth-order valence-corrected chi connectivity index (χ4v) is 4.53. The first-order valence-electron chi connectivity index (χ1n) is 11.8. The van der Waals surface area contributed by atoms with Crippen molar-refractivity contribution < 1.29 is 9.53 Å². The van der Waals surface area contributed by atoms with Crippen LogP contribution in [0.25, 0.3) is 11.0 Å². The summed E-state index contributed by atoms with van der Waals surface area (Å²) in [7, 11) is 1.95. The van der Waals surface area contributed by atoms with Gasteiger partial charge in [0, 0.05) is 13.1 Å². The standard InChI is InChI=1S/C27H35N3O2/c1-27(2,3)20-14-16-22(17-15-20)32-19-25-28-23-12-8-9-13-24(23)30(25)18-26(31)29(4)21-10-6-5-7-11-21/h8-9,12-17,21H,5-7,10-11,18-19H2,1-4H3. The molecule has 0 unspecified atom stereocenters. The Bertz CT molecular complexity index is 1060. The zero-order valence-electron chi connectivity index (χ0n) is 19.8. The smallest absolute Gasteiger partial charge is 0.242 e. The maximum atomic E-state index is 13.1. The van der Waals surface area contributed by atoms with Crippen molar-refractivity contribution in [2.45, 2.75) is 77.5 Å².